The number of rotatable bonds is 11. The number of hydrogen-bond acceptors (Lipinski definition) is 10. The average Bonchev–Trinajstić information content (AvgIpc) is 3.64. The Balaban J connectivity index is 0.00000158. The Morgan fingerprint density at radius 1 is 0.650 bits per heavy atom. The van der Waals surface area contributed by atoms with E-state index in [0.29, 0.717) is 48.8 Å². The minimum absolute atomic E-state index is 0.0962. The van der Waals surface area contributed by atoms with Crippen LogP contribution >= 0.6 is 0 Å². The molecular weight excluding hydrogens is 520 g/mol. The Hall–Kier alpha value is -4.28. The fourth-order valence-electron chi connectivity index (χ4n) is 4.82. The zero-order valence-corrected chi connectivity index (χ0v) is 21.8. The van der Waals surface area contributed by atoms with Crippen LogP contribution in [0.2, 0.25) is 0 Å². The largest absolute Gasteiger partial charge is 0.488 e. The van der Waals surface area contributed by atoms with E-state index in [1.165, 1.54) is 12.2 Å². The molecule has 0 aromatic carbocycles. The molecule has 0 saturated carbocycles. The van der Waals surface area contributed by atoms with Crippen LogP contribution < -0.4 is 21.3 Å². The minimum atomic E-state index is -0.546. The third kappa shape index (κ3) is 5.83. The Bertz CT molecular complexity index is 1410. The molecule has 2 aliphatic heterocycles. The van der Waals surface area contributed by atoms with Crippen LogP contribution in [0.5, 0.6) is 0 Å². The second kappa shape index (κ2) is 12.7. The predicted molar refractivity (Wildman–Crippen MR) is 141 cm³/mol. The molecule has 0 bridgehead atoms. The van der Waals surface area contributed by atoms with Crippen molar-refractivity contribution >= 4 is 35.6 Å². The molecule has 0 N–H and O–H groups in total. The summed E-state index contributed by atoms with van der Waals surface area (Å²) in [6, 6.07) is 3.71. The Morgan fingerprint density at radius 2 is 1.07 bits per heavy atom. The zero-order chi connectivity index (χ0) is 27.9. The van der Waals surface area contributed by atoms with Gasteiger partial charge in [0.25, 0.3) is 0 Å². The maximum Gasteiger partial charge on any atom is 0.331 e. The lowest BCUT2D eigenvalue weighted by Gasteiger charge is -2.28. The van der Waals surface area contributed by atoms with Crippen molar-refractivity contribution in [1.82, 2.24) is 0 Å². The molecule has 10 nitrogen and oxygen atoms in total. The van der Waals surface area contributed by atoms with Crippen LogP contribution in [0.1, 0.15) is 0 Å². The van der Waals surface area contributed by atoms with Gasteiger partial charge in [0.05, 0.1) is 39.0 Å². The highest BCUT2D eigenvalue weighted by atomic mass is 16.6. The summed E-state index contributed by atoms with van der Waals surface area (Å²) in [5, 5.41) is 1.81. The molecule has 4 atom stereocenters. The van der Waals surface area contributed by atoms with E-state index in [-0.39, 0.29) is 25.0 Å². The first-order valence-corrected chi connectivity index (χ1v) is 13.0. The van der Waals surface area contributed by atoms with Crippen molar-refractivity contribution in [3.8, 4) is 0 Å². The second-order valence-electron chi connectivity index (χ2n) is 8.98. The average molecular weight is 551 g/mol. The molecule has 0 saturated heterocycles. The first kappa shape index (κ1) is 27.3. The van der Waals surface area contributed by atoms with Crippen molar-refractivity contribution in [2.24, 2.45) is 11.8 Å². The van der Waals surface area contributed by atoms with Crippen LogP contribution in [0.4, 0.5) is 0 Å². The van der Waals surface area contributed by atoms with E-state index in [1.54, 1.807) is 12.5 Å². The van der Waals surface area contributed by atoms with Crippen LogP contribution in [0.25, 0.3) is 23.7 Å². The molecule has 10 heteroatoms. The summed E-state index contributed by atoms with van der Waals surface area (Å²) in [6.07, 6.45) is 12.5. The minimum Gasteiger partial charge on any atom is -0.488 e. The van der Waals surface area contributed by atoms with E-state index in [9.17, 15) is 9.59 Å². The molecule has 4 heterocycles. The summed E-state index contributed by atoms with van der Waals surface area (Å²) >= 11 is 0. The first-order valence-electron chi connectivity index (χ1n) is 13.0. The van der Waals surface area contributed by atoms with Crippen molar-refractivity contribution in [2.45, 2.75) is 12.2 Å². The molecule has 2 aliphatic carbocycles. The number of ether oxygens (including phenoxy) is 6. The predicted octanol–water partition coefficient (Wildman–Crippen LogP) is 0.442. The lowest BCUT2D eigenvalue weighted by Crippen LogP contribution is -2.41. The van der Waals surface area contributed by atoms with Gasteiger partial charge in [0.2, 0.25) is 0 Å². The van der Waals surface area contributed by atoms with E-state index in [2.05, 4.69) is 13.2 Å². The second-order valence-corrected chi connectivity index (χ2v) is 8.98. The topological polar surface area (TPSA) is 116 Å². The monoisotopic (exact) mass is 550 g/mol. The van der Waals surface area contributed by atoms with Gasteiger partial charge in [0.1, 0.15) is 13.2 Å². The zero-order valence-electron chi connectivity index (χ0n) is 21.8. The van der Waals surface area contributed by atoms with Gasteiger partial charge in [-0.25, -0.2) is 9.59 Å². The number of carbonyl (C=O) groups is 2. The highest BCUT2D eigenvalue weighted by Crippen LogP contribution is 2.27. The van der Waals surface area contributed by atoms with E-state index >= 15 is 0 Å². The number of esters is 2. The lowest BCUT2D eigenvalue weighted by molar-refractivity contribution is -0.144. The van der Waals surface area contributed by atoms with Crippen molar-refractivity contribution in [3.63, 3.8) is 0 Å². The van der Waals surface area contributed by atoms with Crippen LogP contribution in [0, 0.1) is 11.8 Å². The van der Waals surface area contributed by atoms with E-state index in [4.69, 9.17) is 37.3 Å². The van der Waals surface area contributed by atoms with E-state index in [1.807, 2.05) is 36.4 Å². The molecule has 2 aromatic heterocycles. The van der Waals surface area contributed by atoms with Crippen molar-refractivity contribution in [2.75, 3.05) is 39.6 Å². The smallest absolute Gasteiger partial charge is 0.331 e. The molecule has 40 heavy (non-hydrogen) atoms. The van der Waals surface area contributed by atoms with E-state index < -0.39 is 24.1 Å². The van der Waals surface area contributed by atoms with E-state index in [0.717, 1.165) is 10.4 Å². The maximum atomic E-state index is 11.7. The molecule has 0 radical (unpaired) electrons. The third-order valence-corrected chi connectivity index (χ3v) is 6.54. The summed E-state index contributed by atoms with van der Waals surface area (Å²) in [5.74, 6) is -0.0248. The molecule has 4 aliphatic rings. The van der Waals surface area contributed by atoms with Crippen LogP contribution in [-0.4, -0.2) is 63.8 Å². The normalized spacial score (nSPS) is 23.6. The fraction of sp³-hybridized carbons (Fsp3) is 0.333. The van der Waals surface area contributed by atoms with Crippen molar-refractivity contribution in [1.29, 1.82) is 0 Å². The number of hydrogen-bond donors (Lipinski definition) is 0. The molecule has 0 spiro atoms. The summed E-state index contributed by atoms with van der Waals surface area (Å²) in [7, 11) is 0. The standard InChI is InChI=1S/C28H26O10.C2H4/c29-21-3-1-17-15-19-5-7-33-23(19)27(25(17)37-21)35-13-11-31-9-10-32-12-14-36-28-24-20(6-8-34-24)16-18-2-4-22(30)38-26(18)28;1-2/h1-8,15-18,25-26H,9-14H2;1-2H2. The first-order chi connectivity index (χ1) is 19.7. The molecule has 0 fully saturated rings. The van der Waals surface area contributed by atoms with Gasteiger partial charge in [0, 0.05) is 34.4 Å². The molecule has 2 aromatic rings. The van der Waals surface area contributed by atoms with Gasteiger partial charge in [-0.15, -0.1) is 13.2 Å². The molecular formula is C30H30O10. The lowest BCUT2D eigenvalue weighted by atomic mass is 9.93. The van der Waals surface area contributed by atoms with Crippen LogP contribution in [0.15, 0.2) is 71.0 Å². The Morgan fingerprint density at radius 3 is 1.52 bits per heavy atom. The summed E-state index contributed by atoms with van der Waals surface area (Å²) in [5.41, 5.74) is 1.14. The summed E-state index contributed by atoms with van der Waals surface area (Å²) in [6.45, 7) is 7.90. The highest BCUT2D eigenvalue weighted by Gasteiger charge is 2.35. The number of furan rings is 2. The molecule has 4 unspecified atom stereocenters. The SMILES string of the molecule is C=C.O=C1C=CC2C=c3ccoc3=C(OCCOCCOCCOC3=c4occc4=CC4C=CC(=O)OC34)C2O1. The summed E-state index contributed by atoms with van der Waals surface area (Å²) < 4.78 is 45.1. The number of carbonyl (C=O) groups excluding carboxylic acids is 2. The third-order valence-electron chi connectivity index (χ3n) is 6.54. The quantitative estimate of drug-likeness (QED) is 0.222. The Labute approximate surface area is 229 Å². The van der Waals surface area contributed by atoms with Gasteiger partial charge in [0.15, 0.2) is 34.6 Å². The Kier molecular flexibility index (Phi) is 8.68. The van der Waals surface area contributed by atoms with Gasteiger partial charge in [-0.2, -0.15) is 0 Å². The van der Waals surface area contributed by atoms with Gasteiger partial charge >= 0.3 is 11.9 Å². The van der Waals surface area contributed by atoms with Gasteiger partial charge < -0.3 is 37.3 Å². The van der Waals surface area contributed by atoms with Crippen LogP contribution in [0.3, 0.4) is 0 Å². The maximum absolute atomic E-state index is 11.7. The molecule has 210 valence electrons. The molecule has 6 rings (SSSR count). The highest BCUT2D eigenvalue weighted by molar-refractivity contribution is 5.85. The van der Waals surface area contributed by atoms with Crippen molar-refractivity contribution < 1.29 is 46.8 Å². The molecule has 0 amide bonds. The fourth-order valence-corrected chi connectivity index (χ4v) is 4.82. The van der Waals surface area contributed by atoms with Crippen LogP contribution in [-0.2, 0) is 38.0 Å². The summed E-state index contributed by atoms with van der Waals surface area (Å²) in [4.78, 5) is 23.5. The van der Waals surface area contributed by atoms with Crippen molar-refractivity contribution in [3.05, 3.63) is 83.4 Å². The van der Waals surface area contributed by atoms with Gasteiger partial charge in [-0.3, -0.25) is 0 Å². The number of fused-ring (bicyclic) bond motifs is 4. The van der Waals surface area contributed by atoms with Gasteiger partial charge in [-0.05, 0) is 12.1 Å². The van der Waals surface area contributed by atoms with Gasteiger partial charge in [-0.1, -0.05) is 24.3 Å².